The fraction of sp³-hybridized carbons (Fsp3) is 0.833. The van der Waals surface area contributed by atoms with Gasteiger partial charge in [-0.3, -0.25) is 5.43 Å². The van der Waals surface area contributed by atoms with Crippen molar-refractivity contribution in [1.82, 2.24) is 10.9 Å². The molecule has 3 N–H and O–H groups in total. The zero-order valence-corrected chi connectivity index (χ0v) is 7.92. The van der Waals surface area contributed by atoms with Crippen LogP contribution in [-0.4, -0.2) is 35.8 Å². The van der Waals surface area contributed by atoms with Crippen LogP contribution in [0.1, 0.15) is 6.42 Å². The van der Waals surface area contributed by atoms with Gasteiger partial charge in [-0.2, -0.15) is 30.7 Å². The number of nitrogens with one attached hydrogen (secondary N) is 2. The van der Waals surface area contributed by atoms with E-state index < -0.39 is 37.1 Å². The summed E-state index contributed by atoms with van der Waals surface area (Å²) < 4.78 is 84.4. The van der Waals surface area contributed by atoms with Gasteiger partial charge in [0.1, 0.15) is 0 Å². The first-order chi connectivity index (χ1) is 7.42. The third-order valence-electron chi connectivity index (χ3n) is 1.57. The van der Waals surface area contributed by atoms with Crippen LogP contribution in [0.2, 0.25) is 0 Å². The number of alkyl halides is 7. The third-order valence-corrected chi connectivity index (χ3v) is 1.57. The number of hydrogen-bond acceptors (Lipinski definition) is 2. The standard InChI is InChI=1S/C6H7F7N2O2/c7-4(8,1-2-14-15-3(16)17)5(9,10)6(11,12)13/h14-15H,1-2H2,(H,16,17). The Labute approximate surface area is 89.7 Å². The van der Waals surface area contributed by atoms with Crippen LogP contribution in [0.5, 0.6) is 0 Å². The molecule has 0 fully saturated rings. The van der Waals surface area contributed by atoms with Gasteiger partial charge in [-0.25, -0.2) is 10.2 Å². The molecule has 0 atom stereocenters. The molecular weight excluding hydrogens is 265 g/mol. The molecular formula is C6H7F7N2O2. The van der Waals surface area contributed by atoms with E-state index in [1.165, 1.54) is 10.9 Å². The fourth-order valence-electron chi connectivity index (χ4n) is 0.722. The summed E-state index contributed by atoms with van der Waals surface area (Å²) in [5, 5.41) is 7.94. The van der Waals surface area contributed by atoms with Crippen molar-refractivity contribution in [2.45, 2.75) is 24.4 Å². The minimum atomic E-state index is -6.38. The fourth-order valence-corrected chi connectivity index (χ4v) is 0.722. The number of rotatable bonds is 5. The van der Waals surface area contributed by atoms with Crippen molar-refractivity contribution in [2.24, 2.45) is 0 Å². The molecule has 0 aromatic carbocycles. The summed E-state index contributed by atoms with van der Waals surface area (Å²) in [5.41, 5.74) is 2.85. The summed E-state index contributed by atoms with van der Waals surface area (Å²) in [5.74, 6) is -11.5. The van der Waals surface area contributed by atoms with Crippen LogP contribution < -0.4 is 10.9 Å². The van der Waals surface area contributed by atoms with Gasteiger partial charge in [-0.15, -0.1) is 0 Å². The zero-order chi connectivity index (χ0) is 13.9. The maximum atomic E-state index is 12.5. The van der Waals surface area contributed by atoms with Gasteiger partial charge in [-0.05, 0) is 0 Å². The van der Waals surface area contributed by atoms with Crippen LogP contribution in [0.4, 0.5) is 35.5 Å². The molecule has 0 aromatic heterocycles. The minimum Gasteiger partial charge on any atom is -0.464 e. The topological polar surface area (TPSA) is 61.4 Å². The highest BCUT2D eigenvalue weighted by Gasteiger charge is 2.72. The van der Waals surface area contributed by atoms with Crippen LogP contribution in [-0.2, 0) is 0 Å². The second-order valence-corrected chi connectivity index (χ2v) is 2.88. The summed E-state index contributed by atoms with van der Waals surface area (Å²) in [6.45, 7) is -1.09. The Morgan fingerprint density at radius 2 is 1.53 bits per heavy atom. The highest BCUT2D eigenvalue weighted by Crippen LogP contribution is 2.47. The molecule has 0 saturated carbocycles. The molecule has 4 nitrogen and oxygen atoms in total. The highest BCUT2D eigenvalue weighted by molar-refractivity contribution is 5.63. The van der Waals surface area contributed by atoms with E-state index in [0.29, 0.717) is 0 Å². The Balaban J connectivity index is 4.42. The third kappa shape index (κ3) is 3.91. The lowest BCUT2D eigenvalue weighted by molar-refractivity contribution is -0.355. The SMILES string of the molecule is O=C(O)NNCCC(F)(F)C(F)(F)C(F)(F)F. The summed E-state index contributed by atoms with van der Waals surface area (Å²) in [6, 6.07) is 0. The smallest absolute Gasteiger partial charge is 0.459 e. The molecule has 0 aliphatic carbocycles. The number of carbonyl (C=O) groups is 1. The number of hydrogen-bond donors (Lipinski definition) is 3. The number of hydrazine groups is 1. The van der Waals surface area contributed by atoms with Gasteiger partial charge in [-0.1, -0.05) is 0 Å². The number of carboxylic acid groups (broad SMARTS) is 1. The average Bonchev–Trinajstić information content (AvgIpc) is 2.10. The van der Waals surface area contributed by atoms with Crippen LogP contribution in [0.25, 0.3) is 0 Å². The molecule has 11 heteroatoms. The summed E-state index contributed by atoms with van der Waals surface area (Å²) in [4.78, 5) is 9.79. The van der Waals surface area contributed by atoms with Crippen LogP contribution in [0.3, 0.4) is 0 Å². The second-order valence-electron chi connectivity index (χ2n) is 2.88. The van der Waals surface area contributed by atoms with Gasteiger partial charge in [0.05, 0.1) is 0 Å². The first-order valence-electron chi connectivity index (χ1n) is 3.96. The van der Waals surface area contributed by atoms with E-state index in [1.54, 1.807) is 0 Å². The molecule has 0 spiro atoms. The van der Waals surface area contributed by atoms with Crippen molar-refractivity contribution in [2.75, 3.05) is 6.54 Å². The number of halogens is 7. The normalized spacial score (nSPS) is 13.6. The first kappa shape index (κ1) is 15.7. The maximum absolute atomic E-state index is 12.5. The van der Waals surface area contributed by atoms with Crippen molar-refractivity contribution >= 4 is 6.09 Å². The lowest BCUT2D eigenvalue weighted by Gasteiger charge is -2.28. The molecule has 0 rings (SSSR count). The van der Waals surface area contributed by atoms with Crippen molar-refractivity contribution in [1.29, 1.82) is 0 Å². The molecule has 0 heterocycles. The van der Waals surface area contributed by atoms with E-state index in [1.807, 2.05) is 0 Å². The quantitative estimate of drug-likeness (QED) is 0.407. The summed E-state index contributed by atoms with van der Waals surface area (Å²) in [6.07, 6.45) is -9.97. The Morgan fingerprint density at radius 3 is 1.88 bits per heavy atom. The Kier molecular flexibility index (Phi) is 4.57. The predicted molar refractivity (Wildman–Crippen MR) is 39.7 cm³/mol. The Morgan fingerprint density at radius 1 is 1.06 bits per heavy atom. The molecule has 0 saturated heterocycles. The first-order valence-corrected chi connectivity index (χ1v) is 3.96. The van der Waals surface area contributed by atoms with Gasteiger partial charge < -0.3 is 5.11 Å². The van der Waals surface area contributed by atoms with Gasteiger partial charge in [0.25, 0.3) is 0 Å². The van der Waals surface area contributed by atoms with Gasteiger partial charge in [0.15, 0.2) is 0 Å². The molecule has 0 bridgehead atoms. The molecule has 0 radical (unpaired) electrons. The van der Waals surface area contributed by atoms with E-state index in [-0.39, 0.29) is 0 Å². The minimum absolute atomic E-state index is 1.09. The van der Waals surface area contributed by atoms with E-state index >= 15 is 0 Å². The van der Waals surface area contributed by atoms with Crippen molar-refractivity contribution in [3.63, 3.8) is 0 Å². The summed E-state index contributed by atoms with van der Waals surface area (Å²) in [7, 11) is 0. The Bertz CT molecular complexity index is 278. The molecule has 0 aliphatic rings. The average molecular weight is 272 g/mol. The van der Waals surface area contributed by atoms with Crippen molar-refractivity contribution < 1.29 is 40.6 Å². The van der Waals surface area contributed by atoms with E-state index in [0.717, 1.165) is 0 Å². The van der Waals surface area contributed by atoms with Crippen LogP contribution >= 0.6 is 0 Å². The second kappa shape index (κ2) is 4.94. The summed E-state index contributed by atoms with van der Waals surface area (Å²) >= 11 is 0. The van der Waals surface area contributed by atoms with Gasteiger partial charge in [0, 0.05) is 13.0 Å². The number of amides is 1. The zero-order valence-electron chi connectivity index (χ0n) is 7.92. The van der Waals surface area contributed by atoms with E-state index in [2.05, 4.69) is 0 Å². The molecule has 1 amide bonds. The molecule has 0 aliphatic heterocycles. The van der Waals surface area contributed by atoms with E-state index in [4.69, 9.17) is 5.11 Å². The monoisotopic (exact) mass is 272 g/mol. The van der Waals surface area contributed by atoms with Crippen LogP contribution in [0, 0.1) is 0 Å². The maximum Gasteiger partial charge on any atom is 0.459 e. The van der Waals surface area contributed by atoms with Crippen molar-refractivity contribution in [3.05, 3.63) is 0 Å². The Hall–Kier alpha value is -1.26. The molecule has 0 unspecified atom stereocenters. The molecule has 17 heavy (non-hydrogen) atoms. The largest absolute Gasteiger partial charge is 0.464 e. The lowest BCUT2D eigenvalue weighted by atomic mass is 10.1. The molecule has 0 aromatic rings. The van der Waals surface area contributed by atoms with Crippen molar-refractivity contribution in [3.8, 4) is 0 Å². The van der Waals surface area contributed by atoms with E-state index in [9.17, 15) is 35.5 Å². The predicted octanol–water partition coefficient (Wildman–Crippen LogP) is 1.98. The van der Waals surface area contributed by atoms with Crippen LogP contribution in [0.15, 0.2) is 0 Å². The highest BCUT2D eigenvalue weighted by atomic mass is 19.4. The van der Waals surface area contributed by atoms with Gasteiger partial charge >= 0.3 is 24.1 Å². The van der Waals surface area contributed by atoms with Gasteiger partial charge in [0.2, 0.25) is 0 Å². The lowest BCUT2D eigenvalue weighted by Crippen LogP contribution is -2.53. The molecule has 102 valence electrons.